The lowest BCUT2D eigenvalue weighted by Gasteiger charge is -2.12. The summed E-state index contributed by atoms with van der Waals surface area (Å²) in [6.45, 7) is 4.46. The Morgan fingerprint density at radius 3 is 2.45 bits per heavy atom. The van der Waals surface area contributed by atoms with E-state index in [4.69, 9.17) is 4.74 Å². The fourth-order valence-corrected chi connectivity index (χ4v) is 1.77. The van der Waals surface area contributed by atoms with E-state index in [-0.39, 0.29) is 6.03 Å². The van der Waals surface area contributed by atoms with Crippen molar-refractivity contribution in [2.45, 2.75) is 13.8 Å². The van der Waals surface area contributed by atoms with Gasteiger partial charge in [0.2, 0.25) is 0 Å². The van der Waals surface area contributed by atoms with E-state index in [1.165, 1.54) is 0 Å². The zero-order chi connectivity index (χ0) is 14.4. The molecule has 2 rings (SSSR count). The van der Waals surface area contributed by atoms with Crippen LogP contribution in [0.15, 0.2) is 48.5 Å². The Labute approximate surface area is 118 Å². The van der Waals surface area contributed by atoms with Crippen molar-refractivity contribution in [2.24, 2.45) is 0 Å². The SMILES string of the molecule is CCOc1ccccc1NC(=O)Nc1ccc(C)cc1. The molecule has 0 atom stereocenters. The van der Waals surface area contributed by atoms with Crippen LogP contribution in [0, 0.1) is 6.92 Å². The van der Waals surface area contributed by atoms with Crippen LogP contribution in [0.5, 0.6) is 5.75 Å². The van der Waals surface area contributed by atoms with Crippen LogP contribution in [0.4, 0.5) is 16.2 Å². The molecule has 2 aromatic rings. The Hall–Kier alpha value is -2.49. The van der Waals surface area contributed by atoms with Gasteiger partial charge in [-0.05, 0) is 38.1 Å². The van der Waals surface area contributed by atoms with Gasteiger partial charge in [0.1, 0.15) is 5.75 Å². The zero-order valence-corrected chi connectivity index (χ0v) is 11.6. The van der Waals surface area contributed by atoms with Gasteiger partial charge in [-0.3, -0.25) is 0 Å². The van der Waals surface area contributed by atoms with Crippen LogP contribution in [-0.4, -0.2) is 12.6 Å². The lowest BCUT2D eigenvalue weighted by Crippen LogP contribution is -2.19. The summed E-state index contributed by atoms with van der Waals surface area (Å²) >= 11 is 0. The first kappa shape index (κ1) is 13.9. The average molecular weight is 270 g/mol. The second-order valence-corrected chi connectivity index (χ2v) is 4.37. The molecule has 20 heavy (non-hydrogen) atoms. The zero-order valence-electron chi connectivity index (χ0n) is 11.6. The summed E-state index contributed by atoms with van der Waals surface area (Å²) in [4.78, 5) is 11.9. The molecule has 2 N–H and O–H groups in total. The quantitative estimate of drug-likeness (QED) is 0.881. The van der Waals surface area contributed by atoms with Crippen molar-refractivity contribution in [3.63, 3.8) is 0 Å². The molecular formula is C16H18N2O2. The first-order valence-corrected chi connectivity index (χ1v) is 6.55. The number of hydrogen-bond acceptors (Lipinski definition) is 2. The van der Waals surface area contributed by atoms with E-state index in [9.17, 15) is 4.79 Å². The number of benzene rings is 2. The minimum atomic E-state index is -0.291. The number of aryl methyl sites for hydroxylation is 1. The van der Waals surface area contributed by atoms with Gasteiger partial charge in [-0.15, -0.1) is 0 Å². The summed E-state index contributed by atoms with van der Waals surface area (Å²) in [7, 11) is 0. The van der Waals surface area contributed by atoms with Crippen LogP contribution in [0.1, 0.15) is 12.5 Å². The topological polar surface area (TPSA) is 50.4 Å². The summed E-state index contributed by atoms with van der Waals surface area (Å²) in [5, 5.41) is 5.56. The van der Waals surface area contributed by atoms with Crippen LogP contribution >= 0.6 is 0 Å². The van der Waals surface area contributed by atoms with Crippen molar-refractivity contribution in [2.75, 3.05) is 17.2 Å². The molecule has 0 saturated carbocycles. The fraction of sp³-hybridized carbons (Fsp3) is 0.188. The number of ether oxygens (including phenoxy) is 1. The molecule has 0 aliphatic carbocycles. The molecule has 0 heterocycles. The number of carbonyl (C=O) groups is 1. The Balaban J connectivity index is 2.02. The molecule has 0 bridgehead atoms. The molecule has 4 nitrogen and oxygen atoms in total. The number of para-hydroxylation sites is 2. The number of anilines is 2. The Kier molecular flexibility index (Phi) is 4.60. The molecule has 0 unspecified atom stereocenters. The van der Waals surface area contributed by atoms with Gasteiger partial charge in [-0.25, -0.2) is 4.79 Å². The molecule has 0 radical (unpaired) electrons. The number of urea groups is 1. The summed E-state index contributed by atoms with van der Waals surface area (Å²) in [6, 6.07) is 14.7. The monoisotopic (exact) mass is 270 g/mol. The van der Waals surface area contributed by atoms with E-state index in [0.717, 1.165) is 11.3 Å². The number of carbonyl (C=O) groups excluding carboxylic acids is 1. The third-order valence-corrected chi connectivity index (χ3v) is 2.74. The molecular weight excluding hydrogens is 252 g/mol. The normalized spacial score (nSPS) is 9.90. The van der Waals surface area contributed by atoms with E-state index in [0.29, 0.717) is 18.0 Å². The van der Waals surface area contributed by atoms with Crippen molar-refractivity contribution < 1.29 is 9.53 Å². The maximum absolute atomic E-state index is 11.9. The molecule has 0 aliphatic heterocycles. The van der Waals surface area contributed by atoms with Gasteiger partial charge in [-0.2, -0.15) is 0 Å². The van der Waals surface area contributed by atoms with Gasteiger partial charge < -0.3 is 15.4 Å². The highest BCUT2D eigenvalue weighted by molar-refractivity contribution is 6.00. The molecule has 104 valence electrons. The van der Waals surface area contributed by atoms with Crippen molar-refractivity contribution in [1.82, 2.24) is 0 Å². The third-order valence-electron chi connectivity index (χ3n) is 2.74. The van der Waals surface area contributed by atoms with Gasteiger partial charge in [0, 0.05) is 5.69 Å². The van der Waals surface area contributed by atoms with E-state index < -0.39 is 0 Å². The molecule has 0 spiro atoms. The van der Waals surface area contributed by atoms with Crippen molar-refractivity contribution in [3.05, 3.63) is 54.1 Å². The molecule has 0 fully saturated rings. The van der Waals surface area contributed by atoms with Gasteiger partial charge in [0.05, 0.1) is 12.3 Å². The molecule has 2 amide bonds. The number of amides is 2. The van der Waals surface area contributed by atoms with Gasteiger partial charge in [-0.1, -0.05) is 29.8 Å². The van der Waals surface area contributed by atoms with Crippen LogP contribution in [0.25, 0.3) is 0 Å². The third kappa shape index (κ3) is 3.75. The average Bonchev–Trinajstić information content (AvgIpc) is 2.44. The second-order valence-electron chi connectivity index (χ2n) is 4.37. The van der Waals surface area contributed by atoms with Crippen LogP contribution in [-0.2, 0) is 0 Å². The fourth-order valence-electron chi connectivity index (χ4n) is 1.77. The van der Waals surface area contributed by atoms with E-state index in [1.807, 2.05) is 56.3 Å². The summed E-state index contributed by atoms with van der Waals surface area (Å²) in [6.07, 6.45) is 0. The Morgan fingerprint density at radius 2 is 1.75 bits per heavy atom. The standard InChI is InChI=1S/C16H18N2O2/c1-3-20-15-7-5-4-6-14(15)18-16(19)17-13-10-8-12(2)9-11-13/h4-11H,3H2,1-2H3,(H2,17,18,19). The van der Waals surface area contributed by atoms with Crippen LogP contribution < -0.4 is 15.4 Å². The minimum Gasteiger partial charge on any atom is -0.492 e. The van der Waals surface area contributed by atoms with Crippen LogP contribution in [0.2, 0.25) is 0 Å². The lowest BCUT2D eigenvalue weighted by atomic mass is 10.2. The minimum absolute atomic E-state index is 0.291. The highest BCUT2D eigenvalue weighted by Gasteiger charge is 2.07. The first-order chi connectivity index (χ1) is 9.69. The number of rotatable bonds is 4. The van der Waals surface area contributed by atoms with Gasteiger partial charge >= 0.3 is 6.03 Å². The summed E-state index contributed by atoms with van der Waals surface area (Å²) in [5.74, 6) is 0.661. The predicted octanol–water partition coefficient (Wildman–Crippen LogP) is 4.04. The van der Waals surface area contributed by atoms with E-state index >= 15 is 0 Å². The highest BCUT2D eigenvalue weighted by Crippen LogP contribution is 2.23. The maximum Gasteiger partial charge on any atom is 0.323 e. The molecule has 2 aromatic carbocycles. The van der Waals surface area contributed by atoms with E-state index in [2.05, 4.69) is 10.6 Å². The summed E-state index contributed by atoms with van der Waals surface area (Å²) in [5.41, 5.74) is 2.55. The second kappa shape index (κ2) is 6.61. The smallest absolute Gasteiger partial charge is 0.323 e. The van der Waals surface area contributed by atoms with Crippen molar-refractivity contribution in [1.29, 1.82) is 0 Å². The molecule has 0 aromatic heterocycles. The van der Waals surface area contributed by atoms with Gasteiger partial charge in [0.25, 0.3) is 0 Å². The number of nitrogens with one attached hydrogen (secondary N) is 2. The highest BCUT2D eigenvalue weighted by atomic mass is 16.5. The van der Waals surface area contributed by atoms with Gasteiger partial charge in [0.15, 0.2) is 0 Å². The largest absolute Gasteiger partial charge is 0.492 e. The van der Waals surface area contributed by atoms with Crippen molar-refractivity contribution >= 4 is 17.4 Å². The lowest BCUT2D eigenvalue weighted by molar-refractivity contribution is 0.262. The van der Waals surface area contributed by atoms with E-state index in [1.54, 1.807) is 6.07 Å². The number of hydrogen-bond donors (Lipinski definition) is 2. The Bertz CT molecular complexity index is 579. The van der Waals surface area contributed by atoms with Crippen molar-refractivity contribution in [3.8, 4) is 5.75 Å². The first-order valence-electron chi connectivity index (χ1n) is 6.55. The van der Waals surface area contributed by atoms with Crippen LogP contribution in [0.3, 0.4) is 0 Å². The Morgan fingerprint density at radius 1 is 1.05 bits per heavy atom. The predicted molar refractivity (Wildman–Crippen MR) is 81.4 cm³/mol. The molecule has 0 saturated heterocycles. The summed E-state index contributed by atoms with van der Waals surface area (Å²) < 4.78 is 5.46. The molecule has 0 aliphatic rings. The molecule has 4 heteroatoms. The maximum atomic E-state index is 11.9.